The van der Waals surface area contributed by atoms with Crippen molar-refractivity contribution in [3.05, 3.63) is 140 Å². The summed E-state index contributed by atoms with van der Waals surface area (Å²) in [7, 11) is 2.84. The minimum Gasteiger partial charge on any atom is -0.493 e. The topological polar surface area (TPSA) is 341 Å². The van der Waals surface area contributed by atoms with E-state index in [0.717, 1.165) is 42.0 Å². The summed E-state index contributed by atoms with van der Waals surface area (Å²) in [5, 5.41) is 27.2. The summed E-state index contributed by atoms with van der Waals surface area (Å²) in [6.45, 7) is 40.7. The lowest BCUT2D eigenvalue weighted by molar-refractivity contribution is -0.385. The third-order valence-electron chi connectivity index (χ3n) is 21.3. The van der Waals surface area contributed by atoms with Crippen LogP contribution in [0.4, 0.5) is 22.7 Å². The van der Waals surface area contributed by atoms with Crippen molar-refractivity contribution < 1.29 is 90.1 Å². The van der Waals surface area contributed by atoms with E-state index in [-0.39, 0.29) is 107 Å². The monoisotopic (exact) mass is 1560 g/mol. The molecule has 0 bridgehead atoms. The Kier molecular flexibility index (Phi) is 28.2. The van der Waals surface area contributed by atoms with Crippen molar-refractivity contribution in [2.45, 2.75) is 166 Å². The molecule has 29 nitrogen and oxygen atoms in total. The number of benzene rings is 4. The van der Waals surface area contributed by atoms with Crippen molar-refractivity contribution in [2.24, 2.45) is 0 Å². The third kappa shape index (κ3) is 20.1. The van der Waals surface area contributed by atoms with E-state index in [1.807, 2.05) is 0 Å². The van der Waals surface area contributed by atoms with Crippen LogP contribution in [0.5, 0.6) is 46.0 Å². The predicted molar refractivity (Wildman–Crippen MR) is 421 cm³/mol. The molecule has 4 aromatic rings. The number of hydrogen-bond donors (Lipinski definition) is 2. The zero-order chi connectivity index (χ0) is 81.1. The summed E-state index contributed by atoms with van der Waals surface area (Å²) in [6.07, 6.45) is 5.68. The Bertz CT molecular complexity index is 4200. The van der Waals surface area contributed by atoms with E-state index in [4.69, 9.17) is 57.2 Å². The third-order valence-corrected chi connectivity index (χ3v) is 30.3. The maximum absolute atomic E-state index is 13.9. The van der Waals surface area contributed by atoms with Crippen LogP contribution in [0.15, 0.2) is 97.1 Å². The van der Waals surface area contributed by atoms with Gasteiger partial charge < -0.3 is 82.1 Å². The summed E-state index contributed by atoms with van der Waals surface area (Å²) >= 11 is 0. The highest BCUT2D eigenvalue weighted by Gasteiger charge is 2.45. The molecule has 31 heteroatoms. The zero-order valence-corrected chi connectivity index (χ0v) is 68.2. The molecule has 9 rings (SSSR count). The van der Waals surface area contributed by atoms with Gasteiger partial charge in [-0.2, -0.15) is 0 Å². The fourth-order valence-electron chi connectivity index (χ4n) is 12.9. The van der Waals surface area contributed by atoms with Gasteiger partial charge in [-0.15, -0.1) is 0 Å². The molecule has 5 aliphatic heterocycles. The number of amides is 5. The van der Waals surface area contributed by atoms with Crippen LogP contribution in [0.25, 0.3) is 0 Å². The molecule has 5 amide bonds. The van der Waals surface area contributed by atoms with Crippen LogP contribution in [0.1, 0.15) is 147 Å². The molecule has 598 valence electrons. The van der Waals surface area contributed by atoms with Gasteiger partial charge in [-0.3, -0.25) is 44.2 Å². The largest absolute Gasteiger partial charge is 0.493 e. The number of anilines is 2. The molecule has 3 N–H and O–H groups in total. The van der Waals surface area contributed by atoms with E-state index in [1.54, 1.807) is 39.0 Å². The van der Waals surface area contributed by atoms with Crippen LogP contribution < -0.4 is 48.9 Å². The van der Waals surface area contributed by atoms with Crippen molar-refractivity contribution in [3.8, 4) is 46.0 Å². The number of nitro groups is 2. The average molecular weight is 1560 g/mol. The van der Waals surface area contributed by atoms with E-state index < -0.39 is 67.7 Å². The molecule has 0 aliphatic carbocycles. The highest BCUT2D eigenvalue weighted by atomic mass is 28.4. The van der Waals surface area contributed by atoms with E-state index >= 15 is 0 Å². The number of likely N-dealkylation sites (tertiary alicyclic amines) is 3. The summed E-state index contributed by atoms with van der Waals surface area (Å²) < 4.78 is 63.5. The standard InChI is InChI=1S/C40H54N4O13Si.C39H54N4O8Si/c1-25-16-27(24-57-58(9,10)40(3,4)5)41(22-25)37(45)28-18-33(52-6)35(20-30(28)43(48)49)55-14-12-11-13-15-56-36-21-31(44(50)51)29(19-34(36)53-7)38(46)42-23-26(2)17-32(42)39(47)54-8;1-24-15-26(23-51-52(8,9)39(3,4)5)42(21-24)37(45)27-17-32(47-6)34(19-29(27)40)49-13-11-10-12-14-50-35-20-30-28(18-33(35)48-7)38(46)43-22-25(2)16-31(43)36(44)41-30/h18-21,27,32H,1-2,11-17,22-24H2,3-10H3;17-20,26,31H,1-2,10-16,21-23,40H2,3-9H3,(H,41,44)/t27-,32-;26-,31-/m00/s1. The number of nitrogens with zero attached hydrogens (tertiary/aromatic N) is 6. The van der Waals surface area contributed by atoms with Gasteiger partial charge in [-0.25, -0.2) is 4.79 Å². The van der Waals surface area contributed by atoms with Gasteiger partial charge in [0.2, 0.25) is 5.91 Å². The fraction of sp³-hybridized carbons (Fsp3) is 0.519. The molecule has 0 spiro atoms. The number of hydrogen-bond acceptors (Lipinski definition) is 22. The molecule has 5 heterocycles. The van der Waals surface area contributed by atoms with Crippen molar-refractivity contribution >= 4 is 74.9 Å². The number of ether oxygens (including phenoxy) is 9. The average Bonchev–Trinajstić information content (AvgIpc) is 1.59. The minimum atomic E-state index is -2.13. The smallest absolute Gasteiger partial charge is 0.328 e. The second kappa shape index (κ2) is 36.2. The Labute approximate surface area is 645 Å². The number of methoxy groups -OCH3 is 5. The molecular formula is C79H108N8O21Si2. The van der Waals surface area contributed by atoms with Gasteiger partial charge in [0.15, 0.2) is 62.6 Å². The number of rotatable bonds is 32. The maximum Gasteiger partial charge on any atom is 0.328 e. The number of nitrogens with two attached hydrogens (primary N) is 1. The Morgan fingerprint density at radius 3 is 1.30 bits per heavy atom. The highest BCUT2D eigenvalue weighted by molar-refractivity contribution is 6.74. The summed E-state index contributed by atoms with van der Waals surface area (Å²) in [6, 6.07) is 9.49. The maximum atomic E-state index is 13.9. The molecule has 5 aliphatic rings. The van der Waals surface area contributed by atoms with Gasteiger partial charge >= 0.3 is 5.97 Å². The quantitative estimate of drug-likeness (QED) is 0.00872. The first-order valence-electron chi connectivity index (χ1n) is 36.8. The number of carbonyl (C=O) groups excluding carboxylic acids is 6. The van der Waals surface area contributed by atoms with Crippen molar-refractivity contribution in [1.82, 2.24) is 19.6 Å². The highest BCUT2D eigenvalue weighted by Crippen LogP contribution is 2.44. The summed E-state index contributed by atoms with van der Waals surface area (Å²) in [5.41, 5.74) is 9.81. The number of unbranched alkanes of at least 4 members (excludes halogenated alkanes) is 4. The molecule has 4 atom stereocenters. The molecule has 0 unspecified atom stereocenters. The second-order valence-electron chi connectivity index (χ2n) is 31.3. The van der Waals surface area contributed by atoms with Crippen LogP contribution in [0, 0.1) is 20.2 Å². The minimum absolute atomic E-state index is 0.0330. The number of nitro benzene ring substituents is 2. The molecule has 4 saturated heterocycles. The lowest BCUT2D eigenvalue weighted by Gasteiger charge is -2.38. The van der Waals surface area contributed by atoms with Gasteiger partial charge in [0, 0.05) is 62.6 Å². The fourth-order valence-corrected chi connectivity index (χ4v) is 15.0. The number of nitrogens with one attached hydrogen (secondary N) is 1. The van der Waals surface area contributed by atoms with E-state index in [1.165, 1.54) is 58.6 Å². The van der Waals surface area contributed by atoms with E-state index in [9.17, 15) is 49.0 Å². The second-order valence-corrected chi connectivity index (χ2v) is 40.9. The van der Waals surface area contributed by atoms with E-state index in [0.29, 0.717) is 129 Å². The van der Waals surface area contributed by atoms with Gasteiger partial charge in [0.05, 0.1) is 126 Å². The Morgan fingerprint density at radius 1 is 0.509 bits per heavy atom. The number of carbonyl (C=O) groups is 6. The number of esters is 1. The van der Waals surface area contributed by atoms with Crippen LogP contribution in [0.3, 0.4) is 0 Å². The lowest BCUT2D eigenvalue weighted by atomic mass is 10.1. The van der Waals surface area contributed by atoms with Gasteiger partial charge in [0.25, 0.3) is 35.0 Å². The molecule has 4 fully saturated rings. The van der Waals surface area contributed by atoms with Gasteiger partial charge in [-0.1, -0.05) is 90.2 Å². The van der Waals surface area contributed by atoms with Crippen LogP contribution in [0.2, 0.25) is 36.3 Å². The Morgan fingerprint density at radius 2 is 0.882 bits per heavy atom. The molecule has 0 saturated carbocycles. The normalized spacial score (nSPS) is 17.9. The van der Waals surface area contributed by atoms with Crippen molar-refractivity contribution in [2.75, 3.05) is 112 Å². The first-order chi connectivity index (χ1) is 51.8. The number of fused-ring (bicyclic) bond motifs is 2. The van der Waals surface area contributed by atoms with Gasteiger partial charge in [-0.05, 0) is 106 Å². The first-order valence-corrected chi connectivity index (χ1v) is 42.6. The predicted octanol–water partition coefficient (Wildman–Crippen LogP) is 13.3. The summed E-state index contributed by atoms with van der Waals surface area (Å²) in [4.78, 5) is 109. The summed E-state index contributed by atoms with van der Waals surface area (Å²) in [5.74, 6) is -0.424. The SMILES string of the molecule is C=C1C[C@@H](CO[Si](C)(C)C(C)(C)C)N(C(=O)c2cc(OC)c(OCCCCCOc3cc([N+](=O)[O-])c(C(=O)N4CC(=C)C[C@H]4C(=O)OC)cc3OC)cc2[N+](=O)[O-])C1.C=C1C[C@@H](CO[Si](C)(C)C(C)(C)C)N(C(=O)c2cc(OC)c(OCCCCCOc3cc4c(cc3OC)C(=O)N3CC(=C)C[C@H]3C(=O)N4)cc2N)C1. The molecular weight excluding hydrogens is 1450 g/mol. The molecule has 110 heavy (non-hydrogen) atoms. The zero-order valence-electron chi connectivity index (χ0n) is 66.2. The first kappa shape index (κ1) is 85.6. The molecule has 0 radical (unpaired) electrons. The number of nitrogen functional groups attached to an aromatic ring is 1. The Hall–Kier alpha value is -9.99. The Balaban J connectivity index is 0.000000278. The van der Waals surface area contributed by atoms with Gasteiger partial charge in [0.1, 0.15) is 23.2 Å². The molecule has 0 aromatic heterocycles. The van der Waals surface area contributed by atoms with Crippen molar-refractivity contribution in [3.63, 3.8) is 0 Å². The molecule has 4 aromatic carbocycles. The van der Waals surface area contributed by atoms with E-state index in [2.05, 4.69) is 99.4 Å². The lowest BCUT2D eigenvalue weighted by Crippen LogP contribution is -2.46. The van der Waals surface area contributed by atoms with Crippen LogP contribution >= 0.6 is 0 Å². The van der Waals surface area contributed by atoms with Crippen LogP contribution in [-0.2, 0) is 23.2 Å². The van der Waals surface area contributed by atoms with Crippen LogP contribution in [-0.4, -0.2) is 207 Å². The van der Waals surface area contributed by atoms with Crippen molar-refractivity contribution in [1.29, 1.82) is 0 Å².